The Morgan fingerprint density at radius 2 is 1.62 bits per heavy atom. The van der Waals surface area contributed by atoms with Crippen molar-refractivity contribution in [3.63, 3.8) is 0 Å². The molecule has 0 aliphatic rings. The first-order valence-electron chi connectivity index (χ1n) is 4.97. The zero-order valence-corrected chi connectivity index (χ0v) is 10.7. The normalized spacial score (nSPS) is 15.1. The number of aliphatic hydroxyl groups is 1. The van der Waals surface area contributed by atoms with Gasteiger partial charge < -0.3 is 15.6 Å². The lowest BCUT2D eigenvalue weighted by Crippen LogP contribution is -2.39. The molecule has 0 bridgehead atoms. The molecule has 1 aromatic carbocycles. The number of halogens is 8. The van der Waals surface area contributed by atoms with E-state index in [1.807, 2.05) is 0 Å². The lowest BCUT2D eigenvalue weighted by atomic mass is 10.0. The Labute approximate surface area is 119 Å². The standard InChI is InChI=1S/C10H8F7NO2.ClH/c11-6-2-1-4(20-10(15,16)17)3-5(6)7(18)8(19)9(12,13)14;/h1-3,7-8,19H,18H2;1H/t7-,8-;/m0./s1. The predicted octanol–water partition coefficient (Wildman–Crippen LogP) is 3.07. The summed E-state index contributed by atoms with van der Waals surface area (Å²) in [6.45, 7) is 0. The molecule has 0 heterocycles. The smallest absolute Gasteiger partial charge is 0.406 e. The SMILES string of the molecule is Cl.N[C@@H](c1cc(OC(F)(F)F)ccc1F)[C@H](O)C(F)(F)F. The zero-order chi connectivity index (χ0) is 15.7. The van der Waals surface area contributed by atoms with Crippen LogP contribution in [-0.4, -0.2) is 23.7 Å². The highest BCUT2D eigenvalue weighted by Crippen LogP contribution is 2.32. The van der Waals surface area contributed by atoms with Gasteiger partial charge >= 0.3 is 12.5 Å². The first kappa shape index (κ1) is 19.7. The van der Waals surface area contributed by atoms with Crippen LogP contribution in [0.5, 0.6) is 5.75 Å². The molecule has 11 heteroatoms. The van der Waals surface area contributed by atoms with Crippen molar-refractivity contribution in [3.8, 4) is 5.75 Å². The fourth-order valence-corrected chi connectivity index (χ4v) is 1.35. The molecule has 0 saturated carbocycles. The summed E-state index contributed by atoms with van der Waals surface area (Å²) in [5.41, 5.74) is 4.06. The number of ether oxygens (including phenoxy) is 1. The van der Waals surface area contributed by atoms with Crippen LogP contribution in [0.2, 0.25) is 0 Å². The van der Waals surface area contributed by atoms with E-state index in [2.05, 4.69) is 4.74 Å². The average molecular weight is 344 g/mol. The van der Waals surface area contributed by atoms with E-state index in [1.165, 1.54) is 0 Å². The molecule has 3 N–H and O–H groups in total. The van der Waals surface area contributed by atoms with Crippen molar-refractivity contribution in [2.24, 2.45) is 5.73 Å². The largest absolute Gasteiger partial charge is 0.573 e. The van der Waals surface area contributed by atoms with Crippen LogP contribution in [0.4, 0.5) is 30.7 Å². The number of hydrogen-bond donors (Lipinski definition) is 2. The van der Waals surface area contributed by atoms with Crippen molar-refractivity contribution >= 4 is 12.4 Å². The van der Waals surface area contributed by atoms with Gasteiger partial charge in [0.1, 0.15) is 11.6 Å². The van der Waals surface area contributed by atoms with Crippen molar-refractivity contribution < 1.29 is 40.6 Å². The highest BCUT2D eigenvalue weighted by molar-refractivity contribution is 5.85. The van der Waals surface area contributed by atoms with E-state index in [0.29, 0.717) is 18.2 Å². The maximum absolute atomic E-state index is 13.3. The van der Waals surface area contributed by atoms with Gasteiger partial charge in [-0.05, 0) is 18.2 Å². The second-order valence-electron chi connectivity index (χ2n) is 3.74. The lowest BCUT2D eigenvalue weighted by molar-refractivity contribution is -0.274. The third kappa shape index (κ3) is 5.56. The Morgan fingerprint density at radius 1 is 1.10 bits per heavy atom. The molecule has 2 atom stereocenters. The molecule has 0 amide bonds. The molecule has 0 aliphatic carbocycles. The third-order valence-electron chi connectivity index (χ3n) is 2.24. The van der Waals surface area contributed by atoms with Crippen LogP contribution in [0.25, 0.3) is 0 Å². The quantitative estimate of drug-likeness (QED) is 0.829. The molecule has 0 unspecified atom stereocenters. The number of benzene rings is 1. The van der Waals surface area contributed by atoms with Gasteiger partial charge in [-0.15, -0.1) is 25.6 Å². The first-order chi connectivity index (χ1) is 8.92. The summed E-state index contributed by atoms with van der Waals surface area (Å²) in [6.07, 6.45) is -13.4. The van der Waals surface area contributed by atoms with Crippen molar-refractivity contribution in [3.05, 3.63) is 29.6 Å². The lowest BCUT2D eigenvalue weighted by Gasteiger charge is -2.22. The van der Waals surface area contributed by atoms with Gasteiger partial charge in [0, 0.05) is 5.56 Å². The molecule has 0 radical (unpaired) electrons. The third-order valence-corrected chi connectivity index (χ3v) is 2.24. The molecule has 0 aromatic heterocycles. The van der Waals surface area contributed by atoms with E-state index in [9.17, 15) is 30.7 Å². The van der Waals surface area contributed by atoms with E-state index >= 15 is 0 Å². The van der Waals surface area contributed by atoms with Gasteiger partial charge in [0.25, 0.3) is 0 Å². The summed E-state index contributed by atoms with van der Waals surface area (Å²) in [5, 5.41) is 8.88. The van der Waals surface area contributed by atoms with Gasteiger partial charge in [0.15, 0.2) is 6.10 Å². The number of aliphatic hydroxyl groups excluding tert-OH is 1. The molecule has 1 aromatic rings. The minimum Gasteiger partial charge on any atom is -0.406 e. The summed E-state index contributed by atoms with van der Waals surface area (Å²) >= 11 is 0. The van der Waals surface area contributed by atoms with Gasteiger partial charge in [0.2, 0.25) is 0 Å². The molecule has 122 valence electrons. The van der Waals surface area contributed by atoms with E-state index < -0.39 is 41.8 Å². The van der Waals surface area contributed by atoms with Crippen molar-refractivity contribution in [2.45, 2.75) is 24.7 Å². The fraction of sp³-hybridized carbons (Fsp3) is 0.400. The predicted molar refractivity (Wildman–Crippen MR) is 59.3 cm³/mol. The molecule has 0 aliphatic heterocycles. The second-order valence-corrected chi connectivity index (χ2v) is 3.74. The minimum atomic E-state index is -5.15. The van der Waals surface area contributed by atoms with E-state index in [4.69, 9.17) is 10.8 Å². The first-order valence-corrected chi connectivity index (χ1v) is 4.97. The molecule has 3 nitrogen and oxygen atoms in total. The van der Waals surface area contributed by atoms with Crippen molar-refractivity contribution in [1.82, 2.24) is 0 Å². The van der Waals surface area contributed by atoms with E-state index in [0.717, 1.165) is 0 Å². The Kier molecular flexibility index (Phi) is 6.27. The van der Waals surface area contributed by atoms with Gasteiger partial charge in [-0.2, -0.15) is 13.2 Å². The molecule has 0 spiro atoms. The highest BCUT2D eigenvalue weighted by Gasteiger charge is 2.43. The van der Waals surface area contributed by atoms with Gasteiger partial charge in [-0.25, -0.2) is 4.39 Å². The molecule has 1 rings (SSSR count). The number of hydrogen-bond acceptors (Lipinski definition) is 3. The van der Waals surface area contributed by atoms with Crippen LogP contribution in [-0.2, 0) is 0 Å². The van der Waals surface area contributed by atoms with Crippen LogP contribution in [0.1, 0.15) is 11.6 Å². The molecular formula is C10H9ClF7NO2. The van der Waals surface area contributed by atoms with Crippen LogP contribution in [0.15, 0.2) is 18.2 Å². The Bertz CT molecular complexity index is 477. The van der Waals surface area contributed by atoms with Gasteiger partial charge in [-0.1, -0.05) is 0 Å². The van der Waals surface area contributed by atoms with E-state index in [1.54, 1.807) is 0 Å². The maximum atomic E-state index is 13.3. The molecule has 0 saturated heterocycles. The van der Waals surface area contributed by atoms with Crippen molar-refractivity contribution in [1.29, 1.82) is 0 Å². The monoisotopic (exact) mass is 343 g/mol. The summed E-state index contributed by atoms with van der Waals surface area (Å²) in [5.74, 6) is -2.24. The second kappa shape index (κ2) is 6.67. The van der Waals surface area contributed by atoms with Crippen molar-refractivity contribution in [2.75, 3.05) is 0 Å². The summed E-state index contributed by atoms with van der Waals surface area (Å²) in [4.78, 5) is 0. The Morgan fingerprint density at radius 3 is 2.05 bits per heavy atom. The summed E-state index contributed by atoms with van der Waals surface area (Å²) in [6, 6.07) is -0.910. The zero-order valence-electron chi connectivity index (χ0n) is 9.87. The highest BCUT2D eigenvalue weighted by atomic mass is 35.5. The molecule has 21 heavy (non-hydrogen) atoms. The van der Waals surface area contributed by atoms with E-state index in [-0.39, 0.29) is 12.4 Å². The van der Waals surface area contributed by atoms with Crippen LogP contribution in [0.3, 0.4) is 0 Å². The number of alkyl halides is 6. The van der Waals surface area contributed by atoms with Gasteiger partial charge in [0.05, 0.1) is 6.04 Å². The molecular weight excluding hydrogens is 335 g/mol. The van der Waals surface area contributed by atoms with Crippen LogP contribution >= 0.6 is 12.4 Å². The minimum absolute atomic E-state index is 0. The van der Waals surface area contributed by atoms with Gasteiger partial charge in [-0.3, -0.25) is 0 Å². The maximum Gasteiger partial charge on any atom is 0.573 e. The topological polar surface area (TPSA) is 55.5 Å². The number of nitrogens with two attached hydrogens (primary N) is 1. The fourth-order valence-electron chi connectivity index (χ4n) is 1.35. The average Bonchev–Trinajstić information content (AvgIpc) is 2.26. The Balaban J connectivity index is 0.00000400. The number of rotatable bonds is 3. The molecule has 0 fully saturated rings. The summed E-state index contributed by atoms with van der Waals surface area (Å²) < 4.78 is 89.2. The van der Waals surface area contributed by atoms with Crippen LogP contribution in [0, 0.1) is 5.82 Å². The Hall–Kier alpha value is -1.26. The van der Waals surface area contributed by atoms with Crippen LogP contribution < -0.4 is 10.5 Å². The summed E-state index contributed by atoms with van der Waals surface area (Å²) in [7, 11) is 0.